The van der Waals surface area contributed by atoms with Crippen LogP contribution in [0, 0.1) is 5.82 Å². The number of benzene rings is 3. The number of nitrogens with one attached hydrogen (secondary N) is 1. The van der Waals surface area contributed by atoms with Gasteiger partial charge in [0.15, 0.2) is 0 Å². The Morgan fingerprint density at radius 3 is 2.31 bits per heavy atom. The highest BCUT2D eigenvalue weighted by Gasteiger charge is 2.32. The zero-order valence-corrected chi connectivity index (χ0v) is 26.1. The van der Waals surface area contributed by atoms with E-state index in [2.05, 4.69) is 21.2 Å². The average molecular weight is 659 g/mol. The summed E-state index contributed by atoms with van der Waals surface area (Å²) >= 11 is 3.50. The van der Waals surface area contributed by atoms with Crippen molar-refractivity contribution in [3.63, 3.8) is 0 Å². The van der Waals surface area contributed by atoms with E-state index >= 15 is 0 Å². The van der Waals surface area contributed by atoms with Crippen molar-refractivity contribution in [2.45, 2.75) is 63.6 Å². The van der Waals surface area contributed by atoms with Gasteiger partial charge < -0.3 is 10.2 Å². The van der Waals surface area contributed by atoms with E-state index in [0.717, 1.165) is 51.8 Å². The molecule has 0 heterocycles. The van der Waals surface area contributed by atoms with Gasteiger partial charge in [-0.2, -0.15) is 0 Å². The van der Waals surface area contributed by atoms with Crippen LogP contribution in [0.15, 0.2) is 83.3 Å². The number of sulfonamides is 1. The smallest absolute Gasteiger partial charge is 0.243 e. The van der Waals surface area contributed by atoms with E-state index in [1.54, 1.807) is 11.0 Å². The van der Waals surface area contributed by atoms with E-state index in [9.17, 15) is 22.4 Å². The van der Waals surface area contributed by atoms with Crippen molar-refractivity contribution in [1.29, 1.82) is 0 Å². The molecule has 0 aliphatic heterocycles. The fourth-order valence-corrected chi connectivity index (χ4v) is 6.80. The van der Waals surface area contributed by atoms with E-state index in [1.165, 1.54) is 18.2 Å². The number of anilines is 1. The Morgan fingerprint density at radius 2 is 1.64 bits per heavy atom. The minimum atomic E-state index is -3.80. The van der Waals surface area contributed by atoms with Crippen LogP contribution in [0.3, 0.4) is 0 Å². The van der Waals surface area contributed by atoms with Crippen LogP contribution in [0.1, 0.15) is 49.7 Å². The molecule has 224 valence electrons. The number of carbonyl (C=O) groups is 2. The van der Waals surface area contributed by atoms with Gasteiger partial charge in [-0.05, 0) is 54.7 Å². The summed E-state index contributed by atoms with van der Waals surface area (Å²) in [4.78, 5) is 29.3. The van der Waals surface area contributed by atoms with Crippen LogP contribution in [0.5, 0.6) is 0 Å². The highest BCUT2D eigenvalue weighted by atomic mass is 79.9. The normalized spacial score (nSPS) is 14.4. The second-order valence-corrected chi connectivity index (χ2v) is 13.6. The lowest BCUT2D eigenvalue weighted by Gasteiger charge is -2.33. The zero-order valence-electron chi connectivity index (χ0n) is 23.7. The molecule has 7 nitrogen and oxygen atoms in total. The van der Waals surface area contributed by atoms with Gasteiger partial charge >= 0.3 is 0 Å². The Labute approximate surface area is 256 Å². The fraction of sp³-hybridized carbons (Fsp3) is 0.375. The van der Waals surface area contributed by atoms with Gasteiger partial charge in [0.05, 0.1) is 11.9 Å². The SMILES string of the molecule is CS(=O)(=O)N(CCCC(=O)N(Cc1cccc(Br)c1)C(Cc1ccccc1)C(=O)NC1CCCC1)c1ccccc1F. The van der Waals surface area contributed by atoms with Crippen LogP contribution in [-0.4, -0.2) is 50.0 Å². The Bertz CT molecular complexity index is 1470. The molecule has 0 bridgehead atoms. The molecule has 1 saturated carbocycles. The molecule has 1 fully saturated rings. The quantitative estimate of drug-likeness (QED) is 0.251. The molecule has 0 radical (unpaired) electrons. The Hall–Kier alpha value is -3.24. The summed E-state index contributed by atoms with van der Waals surface area (Å²) in [7, 11) is -3.80. The topological polar surface area (TPSA) is 86.8 Å². The Morgan fingerprint density at radius 1 is 0.976 bits per heavy atom. The summed E-state index contributed by atoms with van der Waals surface area (Å²) in [6.07, 6.45) is 5.45. The molecule has 1 aliphatic rings. The summed E-state index contributed by atoms with van der Waals surface area (Å²) in [5.74, 6) is -1.13. The number of rotatable bonds is 13. The molecule has 1 atom stereocenters. The molecular weight excluding hydrogens is 621 g/mol. The summed E-state index contributed by atoms with van der Waals surface area (Å²) in [6, 6.07) is 22.2. The van der Waals surface area contributed by atoms with Gasteiger partial charge in [0.1, 0.15) is 11.9 Å². The molecule has 2 amide bonds. The first-order valence-corrected chi connectivity index (χ1v) is 16.9. The van der Waals surface area contributed by atoms with Crippen LogP contribution in [0.4, 0.5) is 10.1 Å². The van der Waals surface area contributed by atoms with Crippen LogP contribution in [0.2, 0.25) is 0 Å². The van der Waals surface area contributed by atoms with Crippen LogP contribution >= 0.6 is 15.9 Å². The first kappa shape index (κ1) is 31.7. The molecule has 10 heteroatoms. The highest BCUT2D eigenvalue weighted by Crippen LogP contribution is 2.24. The van der Waals surface area contributed by atoms with Gasteiger partial charge in [0.25, 0.3) is 0 Å². The van der Waals surface area contributed by atoms with Crippen molar-refractivity contribution in [1.82, 2.24) is 10.2 Å². The van der Waals surface area contributed by atoms with Crippen molar-refractivity contribution >= 4 is 43.5 Å². The minimum absolute atomic E-state index is 0.0174. The standard InChI is InChI=1S/C32H37BrFN3O4S/c1-42(40,41)37(29-18-8-7-17-28(29)34)20-10-19-31(38)36(23-25-13-9-14-26(33)21-25)30(22-24-11-3-2-4-12-24)32(39)35-27-15-5-6-16-27/h2-4,7-9,11-14,17-18,21,27,30H,5-6,10,15-16,19-20,22-23H2,1H3,(H,35,39). The second-order valence-electron chi connectivity index (χ2n) is 10.7. The third-order valence-electron chi connectivity index (χ3n) is 7.49. The molecule has 3 aromatic rings. The maximum Gasteiger partial charge on any atom is 0.243 e. The number of nitrogens with zero attached hydrogens (tertiary/aromatic N) is 2. The van der Waals surface area contributed by atoms with Gasteiger partial charge in [0, 0.05) is 36.4 Å². The van der Waals surface area contributed by atoms with E-state index in [4.69, 9.17) is 0 Å². The number of hydrogen-bond donors (Lipinski definition) is 1. The molecule has 1 unspecified atom stereocenters. The number of amides is 2. The lowest BCUT2D eigenvalue weighted by molar-refractivity contribution is -0.141. The average Bonchev–Trinajstić information content (AvgIpc) is 3.46. The summed E-state index contributed by atoms with van der Waals surface area (Å²) < 4.78 is 41.4. The Balaban J connectivity index is 1.59. The maximum absolute atomic E-state index is 14.5. The molecular formula is C32H37BrFN3O4S. The van der Waals surface area contributed by atoms with Gasteiger partial charge in [-0.15, -0.1) is 0 Å². The van der Waals surface area contributed by atoms with Crippen molar-refractivity contribution < 1.29 is 22.4 Å². The monoisotopic (exact) mass is 657 g/mol. The van der Waals surface area contributed by atoms with Gasteiger partial charge in [-0.25, -0.2) is 12.8 Å². The van der Waals surface area contributed by atoms with Crippen molar-refractivity contribution in [3.05, 3.63) is 100 Å². The number of hydrogen-bond acceptors (Lipinski definition) is 4. The van der Waals surface area contributed by atoms with E-state index in [1.807, 2.05) is 54.6 Å². The molecule has 1 aliphatic carbocycles. The van der Waals surface area contributed by atoms with Crippen LogP contribution in [-0.2, 0) is 32.6 Å². The lowest BCUT2D eigenvalue weighted by atomic mass is 10.0. The number of para-hydroxylation sites is 1. The van der Waals surface area contributed by atoms with Gasteiger partial charge in [-0.3, -0.25) is 13.9 Å². The summed E-state index contributed by atoms with van der Waals surface area (Å²) in [5.41, 5.74) is 1.73. The zero-order chi connectivity index (χ0) is 30.1. The molecule has 0 aromatic heterocycles. The molecule has 1 N–H and O–H groups in total. The van der Waals surface area contributed by atoms with Gasteiger partial charge in [0.2, 0.25) is 21.8 Å². The second kappa shape index (κ2) is 14.8. The minimum Gasteiger partial charge on any atom is -0.352 e. The number of carbonyl (C=O) groups excluding carboxylic acids is 2. The predicted octanol–water partition coefficient (Wildman–Crippen LogP) is 5.83. The molecule has 42 heavy (non-hydrogen) atoms. The fourth-order valence-electron chi connectivity index (χ4n) is 5.39. The maximum atomic E-state index is 14.5. The van der Waals surface area contributed by atoms with Crippen molar-refractivity contribution in [2.75, 3.05) is 17.1 Å². The first-order valence-electron chi connectivity index (χ1n) is 14.2. The summed E-state index contributed by atoms with van der Waals surface area (Å²) in [6.45, 7) is 0.130. The van der Waals surface area contributed by atoms with E-state index in [0.29, 0.717) is 6.42 Å². The van der Waals surface area contributed by atoms with Crippen molar-refractivity contribution in [2.24, 2.45) is 0 Å². The van der Waals surface area contributed by atoms with Crippen LogP contribution < -0.4 is 9.62 Å². The lowest BCUT2D eigenvalue weighted by Crippen LogP contribution is -2.52. The van der Waals surface area contributed by atoms with E-state index in [-0.39, 0.29) is 49.5 Å². The molecule has 0 saturated heterocycles. The van der Waals surface area contributed by atoms with Crippen molar-refractivity contribution in [3.8, 4) is 0 Å². The van der Waals surface area contributed by atoms with Gasteiger partial charge in [-0.1, -0.05) is 83.4 Å². The summed E-state index contributed by atoms with van der Waals surface area (Å²) in [5, 5.41) is 3.18. The predicted molar refractivity (Wildman–Crippen MR) is 167 cm³/mol. The molecule has 4 rings (SSSR count). The first-order chi connectivity index (χ1) is 20.1. The number of halogens is 2. The third kappa shape index (κ3) is 8.88. The highest BCUT2D eigenvalue weighted by molar-refractivity contribution is 9.10. The largest absolute Gasteiger partial charge is 0.352 e. The third-order valence-corrected chi connectivity index (χ3v) is 9.16. The molecule has 3 aromatic carbocycles. The Kier molecular flexibility index (Phi) is 11.2. The van der Waals surface area contributed by atoms with E-state index < -0.39 is 21.9 Å². The molecule has 0 spiro atoms. The van der Waals surface area contributed by atoms with Crippen LogP contribution in [0.25, 0.3) is 0 Å².